The van der Waals surface area contributed by atoms with E-state index >= 15 is 0 Å². The number of alkyl halides is 3. The van der Waals surface area contributed by atoms with Crippen LogP contribution in [0.15, 0.2) is 42.5 Å². The number of halogens is 3. The number of Topliss-reactive ketones (excluding diaryl/α,β-unsaturated/α-hetero) is 2. The molecule has 1 fully saturated rings. The molecule has 0 saturated carbocycles. The number of carbonyl (C=O) groups is 2. The summed E-state index contributed by atoms with van der Waals surface area (Å²) in [6.45, 7) is 0.842. The van der Waals surface area contributed by atoms with Crippen LogP contribution in [0.25, 0.3) is 0 Å². The number of hydrogen-bond acceptors (Lipinski definition) is 6. The first-order valence-electron chi connectivity index (χ1n) is 8.10. The number of carbonyl (C=O) groups excluding carboxylic acids is 2. The second-order valence-corrected chi connectivity index (χ2v) is 7.02. The Labute approximate surface area is 157 Å². The second kappa shape index (κ2) is 7.79. The molecule has 0 radical (unpaired) electrons. The van der Waals surface area contributed by atoms with Crippen LogP contribution in [-0.4, -0.2) is 49.6 Å². The number of nitrogens with one attached hydrogen (secondary N) is 1. The summed E-state index contributed by atoms with van der Waals surface area (Å²) in [5.74, 6) is -1.95. The van der Waals surface area contributed by atoms with Crippen LogP contribution in [-0.2, 0) is 4.74 Å². The first-order chi connectivity index (χ1) is 12.8. The van der Waals surface area contributed by atoms with Gasteiger partial charge in [0.05, 0.1) is 16.4 Å². The molecule has 0 amide bonds. The molecular weight excluding hydrogens is 383 g/mol. The normalized spacial score (nSPS) is 20.3. The molecule has 0 spiro atoms. The Morgan fingerprint density at radius 2 is 1.85 bits per heavy atom. The van der Waals surface area contributed by atoms with Crippen molar-refractivity contribution < 1.29 is 32.2 Å². The molecule has 1 unspecified atom stereocenters. The van der Waals surface area contributed by atoms with Gasteiger partial charge in [0, 0.05) is 13.1 Å². The number of benzene rings is 1. The van der Waals surface area contributed by atoms with Crippen molar-refractivity contribution in [1.82, 2.24) is 5.32 Å². The molecule has 27 heavy (non-hydrogen) atoms. The van der Waals surface area contributed by atoms with Gasteiger partial charge in [-0.2, -0.15) is 13.2 Å². The summed E-state index contributed by atoms with van der Waals surface area (Å²) in [7, 11) is 0. The zero-order valence-electron chi connectivity index (χ0n) is 14.0. The van der Waals surface area contributed by atoms with Crippen LogP contribution < -0.4 is 10.1 Å². The number of ketones is 2. The van der Waals surface area contributed by atoms with Crippen molar-refractivity contribution in [3.63, 3.8) is 0 Å². The van der Waals surface area contributed by atoms with E-state index in [9.17, 15) is 22.8 Å². The third kappa shape index (κ3) is 4.37. The lowest BCUT2D eigenvalue weighted by Crippen LogP contribution is -2.58. The van der Waals surface area contributed by atoms with Crippen LogP contribution in [0.4, 0.5) is 13.2 Å². The third-order valence-corrected chi connectivity index (χ3v) is 5.09. The van der Waals surface area contributed by atoms with Gasteiger partial charge in [0.2, 0.25) is 5.78 Å². The molecule has 1 aliphatic heterocycles. The Balaban J connectivity index is 1.81. The van der Waals surface area contributed by atoms with Gasteiger partial charge in [-0.05, 0) is 24.3 Å². The maximum atomic E-state index is 13.0. The molecule has 3 rings (SSSR count). The van der Waals surface area contributed by atoms with Crippen LogP contribution in [0.1, 0.15) is 19.3 Å². The minimum Gasteiger partial charge on any atom is -0.490 e. The van der Waals surface area contributed by atoms with E-state index in [0.29, 0.717) is 23.6 Å². The fourth-order valence-electron chi connectivity index (χ4n) is 2.63. The summed E-state index contributed by atoms with van der Waals surface area (Å²) in [6.07, 6.45) is -4.98. The van der Waals surface area contributed by atoms with Crippen molar-refractivity contribution in [1.29, 1.82) is 0 Å². The molecular formula is C18H16F3NO4S. The quantitative estimate of drug-likeness (QED) is 0.757. The Morgan fingerprint density at radius 3 is 2.48 bits per heavy atom. The van der Waals surface area contributed by atoms with Crippen LogP contribution in [0.3, 0.4) is 0 Å². The van der Waals surface area contributed by atoms with E-state index in [1.54, 1.807) is 24.3 Å². The second-order valence-electron chi connectivity index (χ2n) is 5.94. The topological polar surface area (TPSA) is 64.6 Å². The molecule has 1 atom stereocenters. The molecule has 2 heterocycles. The van der Waals surface area contributed by atoms with Crippen molar-refractivity contribution >= 4 is 22.9 Å². The van der Waals surface area contributed by atoms with Gasteiger partial charge in [-0.3, -0.25) is 9.59 Å². The maximum absolute atomic E-state index is 13.0. The summed E-state index contributed by atoms with van der Waals surface area (Å²) < 4.78 is 49.2. The number of thiophene rings is 1. The largest absolute Gasteiger partial charge is 0.490 e. The highest BCUT2D eigenvalue weighted by molar-refractivity contribution is 7.16. The van der Waals surface area contributed by atoms with Crippen molar-refractivity contribution in [2.24, 2.45) is 0 Å². The summed E-state index contributed by atoms with van der Waals surface area (Å²) >= 11 is 0.507. The van der Waals surface area contributed by atoms with Crippen molar-refractivity contribution in [2.75, 3.05) is 26.3 Å². The standard InChI is InChI=1S/C18H16F3NO4S/c19-18(20,21)16(24)14-7-6-13(27-14)15(23)17(10-22-8-9-26-17)11-25-12-4-2-1-3-5-12/h1-7,22H,8-11H2. The van der Waals surface area contributed by atoms with Crippen molar-refractivity contribution in [2.45, 2.75) is 11.8 Å². The van der Waals surface area contributed by atoms with Crippen LogP contribution in [0, 0.1) is 0 Å². The maximum Gasteiger partial charge on any atom is 0.455 e. The fourth-order valence-corrected chi connectivity index (χ4v) is 3.62. The van der Waals surface area contributed by atoms with Gasteiger partial charge in [-0.25, -0.2) is 0 Å². The first kappa shape index (κ1) is 19.5. The van der Waals surface area contributed by atoms with E-state index in [1.165, 1.54) is 6.07 Å². The number of para-hydroxylation sites is 1. The van der Waals surface area contributed by atoms with Gasteiger partial charge in [0.1, 0.15) is 12.4 Å². The van der Waals surface area contributed by atoms with Crippen molar-refractivity contribution in [3.8, 4) is 5.75 Å². The summed E-state index contributed by atoms with van der Waals surface area (Å²) in [6, 6.07) is 11.0. The zero-order chi connectivity index (χ0) is 19.5. The minimum absolute atomic E-state index is 0.0166. The predicted octanol–water partition coefficient (Wildman–Crippen LogP) is 3.11. The van der Waals surface area contributed by atoms with Gasteiger partial charge in [0.15, 0.2) is 5.60 Å². The summed E-state index contributed by atoms with van der Waals surface area (Å²) in [5, 5.41) is 3.05. The molecule has 1 aliphatic rings. The number of hydrogen-bond donors (Lipinski definition) is 1. The van der Waals surface area contributed by atoms with Gasteiger partial charge >= 0.3 is 6.18 Å². The Bertz CT molecular complexity index is 814. The van der Waals surface area contributed by atoms with Gasteiger partial charge < -0.3 is 14.8 Å². The Kier molecular flexibility index (Phi) is 5.64. The molecule has 1 aromatic carbocycles. The molecule has 1 N–H and O–H groups in total. The van der Waals surface area contributed by atoms with Crippen LogP contribution >= 0.6 is 11.3 Å². The SMILES string of the molecule is O=C(c1ccc(C(=O)C2(COc3ccccc3)CNCCO2)s1)C(F)(F)F. The van der Waals surface area contributed by atoms with E-state index in [4.69, 9.17) is 9.47 Å². The highest BCUT2D eigenvalue weighted by Crippen LogP contribution is 2.30. The molecule has 9 heteroatoms. The minimum atomic E-state index is -4.98. The number of ether oxygens (including phenoxy) is 2. The highest BCUT2D eigenvalue weighted by atomic mass is 32.1. The van der Waals surface area contributed by atoms with E-state index in [2.05, 4.69) is 5.32 Å². The Hall–Kier alpha value is -2.23. The monoisotopic (exact) mass is 399 g/mol. The summed E-state index contributed by atoms with van der Waals surface area (Å²) in [4.78, 5) is 23.9. The van der Waals surface area contributed by atoms with E-state index in [-0.39, 0.29) is 24.6 Å². The number of morpholine rings is 1. The van der Waals surface area contributed by atoms with Gasteiger partial charge in [-0.1, -0.05) is 18.2 Å². The molecule has 5 nitrogen and oxygen atoms in total. The predicted molar refractivity (Wildman–Crippen MR) is 92.5 cm³/mol. The third-order valence-electron chi connectivity index (χ3n) is 4.01. The average Bonchev–Trinajstić information content (AvgIpc) is 3.16. The molecule has 1 aromatic heterocycles. The van der Waals surface area contributed by atoms with Crippen LogP contribution in [0.2, 0.25) is 0 Å². The lowest BCUT2D eigenvalue weighted by Gasteiger charge is -2.35. The fraction of sp³-hybridized carbons (Fsp3) is 0.333. The van der Waals surface area contributed by atoms with Crippen molar-refractivity contribution in [3.05, 3.63) is 52.2 Å². The molecule has 1 saturated heterocycles. The zero-order valence-corrected chi connectivity index (χ0v) is 14.9. The molecule has 0 aliphatic carbocycles. The first-order valence-corrected chi connectivity index (χ1v) is 8.92. The van der Waals surface area contributed by atoms with E-state index in [0.717, 1.165) is 6.07 Å². The van der Waals surface area contributed by atoms with Gasteiger partial charge in [0.25, 0.3) is 5.78 Å². The van der Waals surface area contributed by atoms with Gasteiger partial charge in [-0.15, -0.1) is 11.3 Å². The lowest BCUT2D eigenvalue weighted by atomic mass is 9.96. The van der Waals surface area contributed by atoms with E-state index in [1.807, 2.05) is 6.07 Å². The number of rotatable bonds is 6. The summed E-state index contributed by atoms with van der Waals surface area (Å²) in [5.41, 5.74) is -1.38. The Morgan fingerprint density at radius 1 is 1.15 bits per heavy atom. The van der Waals surface area contributed by atoms with Crippen LogP contribution in [0.5, 0.6) is 5.75 Å². The molecule has 144 valence electrons. The smallest absolute Gasteiger partial charge is 0.455 e. The highest BCUT2D eigenvalue weighted by Gasteiger charge is 2.45. The average molecular weight is 399 g/mol. The molecule has 0 bridgehead atoms. The molecule has 2 aromatic rings. The lowest BCUT2D eigenvalue weighted by molar-refractivity contribution is -0.0882. The van der Waals surface area contributed by atoms with E-state index < -0.39 is 28.2 Å².